The van der Waals surface area contributed by atoms with Gasteiger partial charge in [-0.15, -0.1) is 0 Å². The predicted octanol–water partition coefficient (Wildman–Crippen LogP) is 18.2. The van der Waals surface area contributed by atoms with E-state index in [1.54, 1.807) is 48.5 Å². The SMILES string of the molecule is [2H]C([2H])([2H])C([2H])([2H])c1ccccc1-c1c[n+]2c(cc1C)-c1ccccc1C2.[2H]C([2H])([2H])Cc1c(-c2ccccc2C)ccc2[n+]1Cc1ccccc1-2.[2H]C([2H])([2H])c1c(-c2ccccc2C([2H])([2H])C)ccc2[n+]1Cc1ccccc1-2.[2H]C([2H])([2H])c1ccccc1-c1c[n+]2c(cc1CC)-c1ccccc1C2. The second-order valence-electron chi connectivity index (χ2n) is 22.8. The number of pyridine rings is 4. The molecular weight excluding hydrogens is 1060 g/mol. The monoisotopic (exact) mass is 1160 g/mol. The standard InChI is InChI=1S/4C21H20N/c1-3-16-8-4-6-10-18(16)20-14-22-13-17-9-5-7-11-19(17)21(22)12-15(20)2;1-3-16-12-21-19-11-7-5-9-17(19)13-22(21)14-20(16)18-10-6-4-8-15(18)2;1-3-16-8-4-6-10-19(16)18-12-13-21-20-11-7-5-9-17(20)14-22(21)15(18)2;1-3-20-19(17-10-6-4-8-15(17)2)12-13-21-18-11-7-5-9-16(18)14-22(20)21/h2*4-12,14H,3,13H2,1-2H3;2*4-13H,3,14H2,1-2H3/q4*+1/i1D3,3D2;2D3;2D3,3D2;1D3. The van der Waals surface area contributed by atoms with Crippen LogP contribution in [0.1, 0.15) is 117 Å². The molecule has 0 spiro atoms. The molecule has 0 N–H and O–H groups in total. The zero-order valence-electron chi connectivity index (χ0n) is 66.1. The minimum atomic E-state index is -2.74. The van der Waals surface area contributed by atoms with E-state index in [-0.39, 0.29) is 17.7 Å². The number of hydrogen-bond donors (Lipinski definition) is 0. The first kappa shape index (κ1) is 41.5. The average molecular weight is 1160 g/mol. The maximum Gasteiger partial charge on any atom is 0.213 e. The third kappa shape index (κ3) is 10.8. The van der Waals surface area contributed by atoms with Gasteiger partial charge in [0.25, 0.3) is 0 Å². The number of hydrogen-bond acceptors (Lipinski definition) is 0. The smallest absolute Gasteiger partial charge is 0.193 e. The molecule has 0 atom stereocenters. The van der Waals surface area contributed by atoms with Crippen LogP contribution in [0.4, 0.5) is 0 Å². The first-order valence-electron chi connectivity index (χ1n) is 38.2. The summed E-state index contributed by atoms with van der Waals surface area (Å²) in [6.07, 6.45) is 1.06. The van der Waals surface area contributed by atoms with Crippen LogP contribution in [0.25, 0.3) is 89.5 Å². The Morgan fingerprint density at radius 2 is 0.784 bits per heavy atom. The summed E-state index contributed by atoms with van der Waals surface area (Å²) < 4.78 is 136. The van der Waals surface area contributed by atoms with Gasteiger partial charge in [0.2, 0.25) is 22.8 Å². The molecule has 0 bridgehead atoms. The van der Waals surface area contributed by atoms with Crippen molar-refractivity contribution in [1.29, 1.82) is 0 Å². The van der Waals surface area contributed by atoms with Gasteiger partial charge in [0.05, 0.1) is 22.3 Å². The Bertz CT molecular complexity index is 5290. The van der Waals surface area contributed by atoms with E-state index in [4.69, 9.17) is 21.9 Å². The van der Waals surface area contributed by atoms with Crippen molar-refractivity contribution in [3.8, 4) is 89.5 Å². The molecule has 0 saturated heterocycles. The molecule has 0 unspecified atom stereocenters. The van der Waals surface area contributed by atoms with Crippen molar-refractivity contribution in [2.45, 2.75) is 107 Å². The van der Waals surface area contributed by atoms with E-state index in [9.17, 15) is 0 Å². The molecule has 0 amide bonds. The van der Waals surface area contributed by atoms with Gasteiger partial charge in [-0.2, -0.15) is 18.3 Å². The second-order valence-corrected chi connectivity index (χ2v) is 22.8. The summed E-state index contributed by atoms with van der Waals surface area (Å²) in [5.41, 5.74) is 26.2. The van der Waals surface area contributed by atoms with Crippen LogP contribution >= 0.6 is 0 Å². The Kier molecular flexibility index (Phi) is 11.8. The summed E-state index contributed by atoms with van der Waals surface area (Å²) in [6.45, 7) is 1.32. The van der Waals surface area contributed by atoms with E-state index in [0.717, 1.165) is 98.9 Å². The molecule has 0 saturated carbocycles. The summed E-state index contributed by atoms with van der Waals surface area (Å²) in [7, 11) is 0. The minimum Gasteiger partial charge on any atom is -0.193 e. The lowest BCUT2D eigenvalue weighted by Crippen LogP contribution is -2.37. The fourth-order valence-electron chi connectivity index (χ4n) is 13.3. The van der Waals surface area contributed by atoms with Gasteiger partial charge in [-0.1, -0.05) is 197 Å². The van der Waals surface area contributed by atoms with Crippen molar-refractivity contribution in [2.24, 2.45) is 0 Å². The normalized spacial score (nSPS) is 15.7. The van der Waals surface area contributed by atoms with Crippen LogP contribution in [0.2, 0.25) is 0 Å². The molecule has 4 heteroatoms. The summed E-state index contributed by atoms with van der Waals surface area (Å²) in [5.74, 6) is 0. The molecule has 4 aliphatic rings. The van der Waals surface area contributed by atoms with Gasteiger partial charge in [0.15, 0.2) is 50.0 Å². The molecular formula is C84H80N4+4. The van der Waals surface area contributed by atoms with E-state index in [1.807, 2.05) is 115 Å². The fourth-order valence-corrected chi connectivity index (χ4v) is 13.3. The number of aromatic nitrogens is 4. The quantitative estimate of drug-likeness (QED) is 0.135. The molecule has 88 heavy (non-hydrogen) atoms. The molecule has 4 aliphatic heterocycles. The molecule has 0 aliphatic carbocycles. The van der Waals surface area contributed by atoms with Gasteiger partial charge in [0.1, 0.15) is 0 Å². The highest BCUT2D eigenvalue weighted by molar-refractivity contribution is 5.76. The van der Waals surface area contributed by atoms with Gasteiger partial charge >= 0.3 is 0 Å². The van der Waals surface area contributed by atoms with Crippen molar-refractivity contribution >= 4 is 0 Å². The lowest BCUT2D eigenvalue weighted by molar-refractivity contribution is -0.679. The van der Waals surface area contributed by atoms with Crippen LogP contribution in [-0.4, -0.2) is 0 Å². The summed E-state index contributed by atoms with van der Waals surface area (Å²) in [5, 5.41) is 0. The highest BCUT2D eigenvalue weighted by atomic mass is 15.0. The average Bonchev–Trinajstić information content (AvgIpc) is 1.58. The highest BCUT2D eigenvalue weighted by Gasteiger charge is 2.33. The maximum atomic E-state index is 8.24. The Morgan fingerprint density at radius 1 is 0.330 bits per heavy atom. The van der Waals surface area contributed by atoms with Crippen molar-refractivity contribution in [3.63, 3.8) is 0 Å². The fraction of sp³-hybridized carbons (Fsp3) is 0.190. The molecule has 0 fully saturated rings. The molecule has 8 heterocycles. The maximum absolute atomic E-state index is 8.24. The van der Waals surface area contributed by atoms with Crippen LogP contribution < -0.4 is 18.3 Å². The van der Waals surface area contributed by atoms with Crippen LogP contribution in [0.3, 0.4) is 0 Å². The van der Waals surface area contributed by atoms with Crippen LogP contribution in [0, 0.1) is 27.6 Å². The zero-order valence-corrected chi connectivity index (χ0v) is 50.1. The number of aryl methyl sites for hydroxylation is 6. The summed E-state index contributed by atoms with van der Waals surface area (Å²) in [4.78, 5) is 0. The van der Waals surface area contributed by atoms with E-state index in [2.05, 4.69) is 119 Å². The molecule has 16 rings (SSSR count). The van der Waals surface area contributed by atoms with Crippen molar-refractivity contribution in [3.05, 3.63) is 310 Å². The lowest BCUT2D eigenvalue weighted by atomic mass is 9.95. The Morgan fingerprint density at radius 3 is 1.35 bits per heavy atom. The topological polar surface area (TPSA) is 15.5 Å². The van der Waals surface area contributed by atoms with Crippen LogP contribution in [0.5, 0.6) is 0 Å². The third-order valence-electron chi connectivity index (χ3n) is 17.7. The highest BCUT2D eigenvalue weighted by Crippen LogP contribution is 2.37. The number of rotatable bonds is 8. The van der Waals surface area contributed by atoms with E-state index >= 15 is 0 Å². The van der Waals surface area contributed by atoms with Gasteiger partial charge in [-0.05, 0) is 132 Å². The van der Waals surface area contributed by atoms with E-state index < -0.39 is 40.2 Å². The first-order chi connectivity index (χ1) is 49.3. The summed E-state index contributed by atoms with van der Waals surface area (Å²) >= 11 is 0. The van der Waals surface area contributed by atoms with Crippen molar-refractivity contribution in [1.82, 2.24) is 0 Å². The number of benzene rings is 8. The Balaban J connectivity index is 0.000000123. The third-order valence-corrected chi connectivity index (χ3v) is 17.7. The predicted molar refractivity (Wildman–Crippen MR) is 363 cm³/mol. The van der Waals surface area contributed by atoms with Crippen molar-refractivity contribution < 1.29 is 40.2 Å². The van der Waals surface area contributed by atoms with Gasteiger partial charge in [-0.25, -0.2) is 0 Å². The Labute approximate surface area is 544 Å². The molecule has 0 radical (unpaired) electrons. The van der Waals surface area contributed by atoms with Crippen LogP contribution in [0.15, 0.2) is 243 Å². The first-order valence-corrected chi connectivity index (χ1v) is 30.2. The van der Waals surface area contributed by atoms with E-state index in [0.29, 0.717) is 34.4 Å². The summed E-state index contributed by atoms with van der Waals surface area (Å²) in [6, 6.07) is 74.8. The van der Waals surface area contributed by atoms with Crippen molar-refractivity contribution in [2.75, 3.05) is 0 Å². The molecule has 432 valence electrons. The Hall–Kier alpha value is -9.64. The molecule has 8 aromatic carbocycles. The molecule has 12 aromatic rings. The zero-order chi connectivity index (χ0) is 74.0. The van der Waals surface area contributed by atoms with Gasteiger partial charge < -0.3 is 0 Å². The van der Waals surface area contributed by atoms with E-state index in [1.165, 1.54) is 51.6 Å². The lowest BCUT2D eigenvalue weighted by Gasteiger charge is -2.10. The van der Waals surface area contributed by atoms with Gasteiger partial charge in [-0.3, -0.25) is 0 Å². The molecule has 4 nitrogen and oxygen atoms in total. The number of nitrogens with zero attached hydrogens (tertiary/aromatic N) is 4. The molecule has 4 aromatic heterocycles. The minimum absolute atomic E-state index is 0.0680. The van der Waals surface area contributed by atoms with Crippen LogP contribution in [-0.2, 0) is 51.8 Å². The number of fused-ring (bicyclic) bond motifs is 12. The largest absolute Gasteiger partial charge is 0.213 e. The van der Waals surface area contributed by atoms with Gasteiger partial charge in [0, 0.05) is 104 Å². The second kappa shape index (κ2) is 25.0.